The molecule has 1 aromatic rings. The average molecular weight is 313 g/mol. The molecular weight excluding hydrogens is 291 g/mol. The third kappa shape index (κ3) is 3.74. The lowest BCUT2D eigenvalue weighted by atomic mass is 10.1. The lowest BCUT2D eigenvalue weighted by Gasteiger charge is -2.39. The predicted molar refractivity (Wildman–Crippen MR) is 82.7 cm³/mol. The molecule has 0 spiro atoms. The van der Waals surface area contributed by atoms with E-state index < -0.39 is 0 Å². The Labute approximate surface area is 130 Å². The topological polar surface area (TPSA) is 23.6 Å². The third-order valence-electron chi connectivity index (χ3n) is 3.86. The van der Waals surface area contributed by atoms with E-state index in [4.69, 9.17) is 11.6 Å². The second kappa shape index (κ2) is 6.75. The molecule has 5 heteroatoms. The van der Waals surface area contributed by atoms with Gasteiger partial charge >= 0.3 is 0 Å². The highest BCUT2D eigenvalue weighted by Gasteiger charge is 2.31. The molecule has 1 atom stereocenters. The van der Waals surface area contributed by atoms with Crippen molar-refractivity contribution in [3.8, 4) is 0 Å². The van der Waals surface area contributed by atoms with Crippen LogP contribution in [0.15, 0.2) is 18.2 Å². The molecule has 0 aromatic heterocycles. The summed E-state index contributed by atoms with van der Waals surface area (Å²) in [7, 11) is 0. The number of halogens is 2. The molecule has 1 aromatic carbocycles. The normalized spacial score (nSPS) is 20.4. The standard InChI is InChI=1S/C16H22ClFN2O/c1-11(2)9-20-8-7-19(12(3)16(20)21)10-13-5-4-6-14(17)15(13)18/h4-6,11-12H,7-10H2,1-3H3/t12-/m0/s1. The van der Waals surface area contributed by atoms with Crippen LogP contribution >= 0.6 is 11.6 Å². The smallest absolute Gasteiger partial charge is 0.239 e. The van der Waals surface area contributed by atoms with Gasteiger partial charge in [-0.2, -0.15) is 0 Å². The van der Waals surface area contributed by atoms with Gasteiger partial charge in [0.25, 0.3) is 0 Å². The van der Waals surface area contributed by atoms with Crippen LogP contribution in [-0.2, 0) is 11.3 Å². The quantitative estimate of drug-likeness (QED) is 0.852. The second-order valence-corrected chi connectivity index (χ2v) is 6.44. The van der Waals surface area contributed by atoms with E-state index in [0.717, 1.165) is 13.1 Å². The number of hydrogen-bond acceptors (Lipinski definition) is 2. The fourth-order valence-corrected chi connectivity index (χ4v) is 2.89. The van der Waals surface area contributed by atoms with E-state index >= 15 is 0 Å². The monoisotopic (exact) mass is 312 g/mol. The van der Waals surface area contributed by atoms with E-state index in [1.54, 1.807) is 12.1 Å². The highest BCUT2D eigenvalue weighted by Crippen LogP contribution is 2.22. The van der Waals surface area contributed by atoms with Gasteiger partial charge in [0.1, 0.15) is 5.82 Å². The first kappa shape index (κ1) is 16.2. The molecule has 1 amide bonds. The molecule has 1 fully saturated rings. The number of carbonyl (C=O) groups is 1. The van der Waals surface area contributed by atoms with Gasteiger partial charge in [0.2, 0.25) is 5.91 Å². The summed E-state index contributed by atoms with van der Waals surface area (Å²) in [5.74, 6) is 0.193. The average Bonchev–Trinajstić information content (AvgIpc) is 2.43. The SMILES string of the molecule is CC(C)CN1CCN(Cc2cccc(Cl)c2F)[C@@H](C)C1=O. The van der Waals surface area contributed by atoms with E-state index in [9.17, 15) is 9.18 Å². The molecule has 0 bridgehead atoms. The first-order chi connectivity index (χ1) is 9.90. The molecule has 21 heavy (non-hydrogen) atoms. The largest absolute Gasteiger partial charge is 0.340 e. The van der Waals surface area contributed by atoms with Crippen LogP contribution in [-0.4, -0.2) is 41.4 Å². The first-order valence-corrected chi connectivity index (χ1v) is 7.73. The van der Waals surface area contributed by atoms with Gasteiger partial charge in [0.15, 0.2) is 0 Å². The molecular formula is C16H22ClFN2O. The lowest BCUT2D eigenvalue weighted by molar-refractivity contribution is -0.141. The molecule has 1 aliphatic rings. The van der Waals surface area contributed by atoms with Gasteiger partial charge in [0, 0.05) is 31.7 Å². The summed E-state index contributed by atoms with van der Waals surface area (Å²) in [6.45, 7) is 8.74. The number of piperazine rings is 1. The van der Waals surface area contributed by atoms with Gasteiger partial charge in [-0.3, -0.25) is 9.69 Å². The maximum Gasteiger partial charge on any atom is 0.239 e. The van der Waals surface area contributed by atoms with Crippen LogP contribution in [0.2, 0.25) is 5.02 Å². The maximum absolute atomic E-state index is 14.0. The minimum absolute atomic E-state index is 0.123. The van der Waals surface area contributed by atoms with Gasteiger partial charge in [0.05, 0.1) is 11.1 Å². The van der Waals surface area contributed by atoms with Crippen molar-refractivity contribution in [1.29, 1.82) is 0 Å². The first-order valence-electron chi connectivity index (χ1n) is 7.36. The summed E-state index contributed by atoms with van der Waals surface area (Å²) >= 11 is 5.81. The van der Waals surface area contributed by atoms with Crippen molar-refractivity contribution in [2.75, 3.05) is 19.6 Å². The van der Waals surface area contributed by atoms with E-state index in [-0.39, 0.29) is 22.8 Å². The van der Waals surface area contributed by atoms with Crippen LogP contribution in [0.1, 0.15) is 26.3 Å². The molecule has 0 radical (unpaired) electrons. The van der Waals surface area contributed by atoms with Crippen LogP contribution in [0.4, 0.5) is 4.39 Å². The van der Waals surface area contributed by atoms with Crippen molar-refractivity contribution in [3.63, 3.8) is 0 Å². The van der Waals surface area contributed by atoms with Crippen LogP contribution in [0.25, 0.3) is 0 Å². The Morgan fingerprint density at radius 1 is 1.38 bits per heavy atom. The highest BCUT2D eigenvalue weighted by atomic mass is 35.5. The summed E-state index contributed by atoms with van der Waals surface area (Å²) in [6.07, 6.45) is 0. The Bertz CT molecular complexity index is 521. The molecule has 3 nitrogen and oxygen atoms in total. The number of carbonyl (C=O) groups excluding carboxylic acids is 1. The van der Waals surface area contributed by atoms with E-state index in [2.05, 4.69) is 13.8 Å². The van der Waals surface area contributed by atoms with E-state index in [1.165, 1.54) is 6.07 Å². The van der Waals surface area contributed by atoms with Gasteiger partial charge in [-0.1, -0.05) is 37.6 Å². The summed E-state index contributed by atoms with van der Waals surface area (Å²) in [5, 5.41) is 0.130. The minimum atomic E-state index is -0.386. The summed E-state index contributed by atoms with van der Waals surface area (Å²) < 4.78 is 14.0. The van der Waals surface area contributed by atoms with Crippen molar-refractivity contribution in [1.82, 2.24) is 9.80 Å². The summed E-state index contributed by atoms with van der Waals surface area (Å²) in [4.78, 5) is 16.3. The van der Waals surface area contributed by atoms with E-state index in [1.807, 2.05) is 16.7 Å². The number of benzene rings is 1. The Kier molecular flexibility index (Phi) is 5.22. The molecule has 2 rings (SSSR count). The van der Waals surface area contributed by atoms with Crippen LogP contribution < -0.4 is 0 Å². The fourth-order valence-electron chi connectivity index (χ4n) is 2.70. The zero-order valence-electron chi connectivity index (χ0n) is 12.8. The highest BCUT2D eigenvalue weighted by molar-refractivity contribution is 6.30. The zero-order chi connectivity index (χ0) is 15.6. The van der Waals surface area contributed by atoms with Gasteiger partial charge in [-0.25, -0.2) is 4.39 Å². The van der Waals surface area contributed by atoms with E-state index in [0.29, 0.717) is 24.6 Å². The Hall–Kier alpha value is -1.13. The van der Waals surface area contributed by atoms with Crippen molar-refractivity contribution < 1.29 is 9.18 Å². The second-order valence-electron chi connectivity index (χ2n) is 6.04. The molecule has 116 valence electrons. The van der Waals surface area contributed by atoms with Crippen LogP contribution in [0.5, 0.6) is 0 Å². The number of hydrogen-bond donors (Lipinski definition) is 0. The molecule has 0 N–H and O–H groups in total. The fraction of sp³-hybridized carbons (Fsp3) is 0.562. The zero-order valence-corrected chi connectivity index (χ0v) is 13.5. The Morgan fingerprint density at radius 3 is 2.76 bits per heavy atom. The molecule has 1 saturated heterocycles. The molecule has 0 saturated carbocycles. The number of amides is 1. The van der Waals surface area contributed by atoms with Crippen molar-refractivity contribution >= 4 is 17.5 Å². The Morgan fingerprint density at radius 2 is 2.10 bits per heavy atom. The number of nitrogens with zero attached hydrogens (tertiary/aromatic N) is 2. The van der Waals surface area contributed by atoms with Crippen LogP contribution in [0.3, 0.4) is 0 Å². The predicted octanol–water partition coefficient (Wildman–Crippen LogP) is 3.17. The molecule has 1 heterocycles. The lowest BCUT2D eigenvalue weighted by Crippen LogP contribution is -2.56. The number of rotatable bonds is 4. The van der Waals surface area contributed by atoms with Crippen molar-refractivity contribution in [3.05, 3.63) is 34.6 Å². The Balaban J connectivity index is 2.06. The van der Waals surface area contributed by atoms with Crippen LogP contribution in [0, 0.1) is 11.7 Å². The molecule has 1 aliphatic heterocycles. The van der Waals surface area contributed by atoms with Crippen molar-refractivity contribution in [2.24, 2.45) is 5.92 Å². The summed E-state index contributed by atoms with van der Waals surface area (Å²) in [5.41, 5.74) is 0.541. The maximum atomic E-state index is 14.0. The van der Waals surface area contributed by atoms with Gasteiger partial charge < -0.3 is 4.90 Å². The summed E-state index contributed by atoms with van der Waals surface area (Å²) in [6, 6.07) is 4.77. The minimum Gasteiger partial charge on any atom is -0.340 e. The van der Waals surface area contributed by atoms with Crippen molar-refractivity contribution in [2.45, 2.75) is 33.4 Å². The molecule has 0 unspecified atom stereocenters. The third-order valence-corrected chi connectivity index (χ3v) is 4.16. The molecule has 0 aliphatic carbocycles. The van der Waals surface area contributed by atoms with Gasteiger partial charge in [-0.05, 0) is 18.9 Å². The van der Waals surface area contributed by atoms with Gasteiger partial charge in [-0.15, -0.1) is 0 Å².